The number of hydrogen-bond donors (Lipinski definition) is 2. The molecule has 9 heavy (non-hydrogen) atoms. The Kier molecular flexibility index (Phi) is 1.27. The Labute approximate surface area is 56.4 Å². The van der Waals surface area contributed by atoms with Crippen molar-refractivity contribution >= 4 is 20.2 Å². The number of hydrazone groups is 1. The van der Waals surface area contributed by atoms with Crippen LogP contribution in [0.25, 0.3) is 0 Å². The predicted molar refractivity (Wildman–Crippen MR) is 43.4 cm³/mol. The van der Waals surface area contributed by atoms with Crippen LogP contribution in [-0.4, -0.2) is 22.7 Å². The summed E-state index contributed by atoms with van der Waals surface area (Å²) >= 11 is 0. The zero-order valence-electron chi connectivity index (χ0n) is 5.86. The molecule has 1 aliphatic heterocycles. The molecule has 0 bridgehead atoms. The molecule has 0 fully saturated rings. The van der Waals surface area contributed by atoms with Gasteiger partial charge in [0.2, 0.25) is 0 Å². The maximum atomic E-state index is 7.39. The summed E-state index contributed by atoms with van der Waals surface area (Å²) in [5.74, 6) is 0. The highest BCUT2D eigenvalue weighted by Crippen LogP contribution is 2.44. The third-order valence-electron chi connectivity index (χ3n) is 1.56. The van der Waals surface area contributed by atoms with Gasteiger partial charge in [-0.15, -0.1) is 10.0 Å². The van der Waals surface area contributed by atoms with Crippen LogP contribution in [-0.2, 0) is 0 Å². The molecule has 0 aromatic heterocycles. The third kappa shape index (κ3) is 0.830. The second-order valence-electron chi connectivity index (χ2n) is 2.40. The number of hydrogen-bond acceptors (Lipinski definition) is 2. The van der Waals surface area contributed by atoms with Crippen LogP contribution in [0.5, 0.6) is 0 Å². The lowest BCUT2D eigenvalue weighted by molar-refractivity contribution is 1.05. The predicted octanol–water partition coefficient (Wildman–Crippen LogP) is 0.922. The molecule has 1 heterocycles. The topological polar surface area (TPSA) is 48.2 Å². The SMILES string of the molecule is CC1=NNC(=N)S1(C)C. The summed E-state index contributed by atoms with van der Waals surface area (Å²) in [5.41, 5.74) is 2.67. The molecule has 0 saturated heterocycles. The molecule has 3 nitrogen and oxygen atoms in total. The van der Waals surface area contributed by atoms with Crippen LogP contribution in [0.4, 0.5) is 0 Å². The van der Waals surface area contributed by atoms with Crippen LogP contribution < -0.4 is 5.43 Å². The van der Waals surface area contributed by atoms with Crippen molar-refractivity contribution in [2.75, 3.05) is 12.5 Å². The molecule has 0 aromatic carbocycles. The van der Waals surface area contributed by atoms with E-state index in [2.05, 4.69) is 23.0 Å². The number of amidine groups is 1. The Morgan fingerprint density at radius 3 is 2.22 bits per heavy atom. The average molecular weight is 145 g/mol. The van der Waals surface area contributed by atoms with Crippen molar-refractivity contribution in [1.29, 1.82) is 5.41 Å². The molecule has 4 heteroatoms. The Hall–Kier alpha value is -0.510. The molecule has 0 spiro atoms. The van der Waals surface area contributed by atoms with Crippen molar-refractivity contribution in [3.05, 3.63) is 0 Å². The highest BCUT2D eigenvalue weighted by Gasteiger charge is 2.26. The summed E-state index contributed by atoms with van der Waals surface area (Å²) in [5, 5.41) is 13.0. The van der Waals surface area contributed by atoms with E-state index in [1.54, 1.807) is 0 Å². The number of rotatable bonds is 0. The molecular weight excluding hydrogens is 134 g/mol. The molecule has 0 aliphatic carbocycles. The fourth-order valence-electron chi connectivity index (χ4n) is 0.505. The summed E-state index contributed by atoms with van der Waals surface area (Å²) in [4.78, 5) is 0. The first-order valence-corrected chi connectivity index (χ1v) is 5.12. The van der Waals surface area contributed by atoms with Crippen molar-refractivity contribution < 1.29 is 0 Å². The number of nitrogens with one attached hydrogen (secondary N) is 2. The van der Waals surface area contributed by atoms with Gasteiger partial charge in [0.05, 0.1) is 5.04 Å². The lowest BCUT2D eigenvalue weighted by Crippen LogP contribution is -2.16. The minimum Gasteiger partial charge on any atom is -0.278 e. The van der Waals surface area contributed by atoms with Crippen LogP contribution in [0.1, 0.15) is 6.92 Å². The normalized spacial score (nSPS) is 27.0. The first kappa shape index (κ1) is 6.61. The lowest BCUT2D eigenvalue weighted by Gasteiger charge is -2.22. The first-order chi connectivity index (χ1) is 4.05. The fraction of sp³-hybridized carbons (Fsp3) is 0.600. The molecule has 1 aliphatic rings. The lowest BCUT2D eigenvalue weighted by atomic mass is 10.9. The van der Waals surface area contributed by atoms with Crippen LogP contribution >= 0.6 is 10.0 Å². The van der Waals surface area contributed by atoms with Crippen LogP contribution in [0.3, 0.4) is 0 Å². The van der Waals surface area contributed by atoms with Gasteiger partial charge in [-0.05, 0) is 19.4 Å². The Morgan fingerprint density at radius 2 is 2.11 bits per heavy atom. The van der Waals surface area contributed by atoms with E-state index in [9.17, 15) is 0 Å². The van der Waals surface area contributed by atoms with E-state index in [0.717, 1.165) is 5.04 Å². The summed E-state index contributed by atoms with van der Waals surface area (Å²) in [6.45, 7) is 1.96. The molecule has 0 amide bonds. The van der Waals surface area contributed by atoms with Crippen molar-refractivity contribution in [3.8, 4) is 0 Å². The van der Waals surface area contributed by atoms with Crippen molar-refractivity contribution in [2.24, 2.45) is 5.10 Å². The van der Waals surface area contributed by atoms with Gasteiger partial charge in [-0.2, -0.15) is 5.10 Å². The van der Waals surface area contributed by atoms with Gasteiger partial charge in [-0.25, -0.2) is 0 Å². The quantitative estimate of drug-likeness (QED) is 0.523. The van der Waals surface area contributed by atoms with Crippen LogP contribution in [0.2, 0.25) is 0 Å². The Morgan fingerprint density at radius 1 is 1.56 bits per heavy atom. The number of nitrogens with zero attached hydrogens (tertiary/aromatic N) is 1. The Balaban J connectivity index is 2.93. The molecule has 0 atom stereocenters. The maximum absolute atomic E-state index is 7.39. The van der Waals surface area contributed by atoms with E-state index in [1.807, 2.05) is 6.92 Å². The summed E-state index contributed by atoms with van der Waals surface area (Å²) in [6, 6.07) is 0. The molecular formula is C5H11N3S. The second-order valence-corrected chi connectivity index (χ2v) is 6.05. The van der Waals surface area contributed by atoms with Gasteiger partial charge in [0, 0.05) is 0 Å². The van der Waals surface area contributed by atoms with Gasteiger partial charge in [0.25, 0.3) is 0 Å². The molecule has 1 rings (SSSR count). The summed E-state index contributed by atoms with van der Waals surface area (Å²) in [6.07, 6.45) is 4.13. The molecule has 0 aromatic rings. The highest BCUT2D eigenvalue weighted by molar-refractivity contribution is 8.55. The fourth-order valence-corrected chi connectivity index (χ4v) is 1.35. The van der Waals surface area contributed by atoms with Crippen molar-refractivity contribution in [1.82, 2.24) is 5.43 Å². The van der Waals surface area contributed by atoms with E-state index >= 15 is 0 Å². The van der Waals surface area contributed by atoms with Crippen LogP contribution in [0, 0.1) is 5.41 Å². The van der Waals surface area contributed by atoms with Crippen molar-refractivity contribution in [2.45, 2.75) is 6.92 Å². The van der Waals surface area contributed by atoms with Crippen molar-refractivity contribution in [3.63, 3.8) is 0 Å². The maximum Gasteiger partial charge on any atom is 0.161 e. The van der Waals surface area contributed by atoms with E-state index in [4.69, 9.17) is 5.41 Å². The third-order valence-corrected chi connectivity index (χ3v) is 4.24. The largest absolute Gasteiger partial charge is 0.278 e. The van der Waals surface area contributed by atoms with E-state index in [0.29, 0.717) is 5.17 Å². The van der Waals surface area contributed by atoms with E-state index in [1.165, 1.54) is 0 Å². The zero-order chi connectivity index (χ0) is 7.07. The minimum absolute atomic E-state index is 0.569. The second kappa shape index (κ2) is 1.73. The zero-order valence-corrected chi connectivity index (χ0v) is 6.67. The molecule has 0 unspecified atom stereocenters. The Bertz CT molecular complexity index is 183. The van der Waals surface area contributed by atoms with Crippen LogP contribution in [0.15, 0.2) is 5.10 Å². The van der Waals surface area contributed by atoms with Gasteiger partial charge < -0.3 is 0 Å². The molecule has 0 radical (unpaired) electrons. The van der Waals surface area contributed by atoms with E-state index in [-0.39, 0.29) is 0 Å². The van der Waals surface area contributed by atoms with Gasteiger partial charge in [-0.1, -0.05) is 0 Å². The minimum atomic E-state index is -0.981. The summed E-state index contributed by atoms with van der Waals surface area (Å²) in [7, 11) is -0.981. The van der Waals surface area contributed by atoms with Gasteiger partial charge in [0.15, 0.2) is 5.17 Å². The van der Waals surface area contributed by atoms with Gasteiger partial charge in [-0.3, -0.25) is 10.8 Å². The highest BCUT2D eigenvalue weighted by atomic mass is 32.3. The average Bonchev–Trinajstić information content (AvgIpc) is 1.96. The van der Waals surface area contributed by atoms with Gasteiger partial charge >= 0.3 is 0 Å². The summed E-state index contributed by atoms with van der Waals surface area (Å²) < 4.78 is 0. The van der Waals surface area contributed by atoms with Gasteiger partial charge in [0.1, 0.15) is 0 Å². The standard InChI is InChI=1S/C5H11N3S/c1-4-7-8-5(6)9(4,2)3/h1-3H3,(H2,6,8). The van der Waals surface area contributed by atoms with E-state index < -0.39 is 10.0 Å². The molecule has 52 valence electrons. The molecule has 2 N–H and O–H groups in total. The first-order valence-electron chi connectivity index (χ1n) is 2.67. The smallest absolute Gasteiger partial charge is 0.161 e. The molecule has 0 saturated carbocycles. The monoisotopic (exact) mass is 145 g/mol.